The molecule has 2 aromatic carbocycles. The van der Waals surface area contributed by atoms with Crippen LogP contribution < -0.4 is 0 Å². The Morgan fingerprint density at radius 1 is 1.09 bits per heavy atom. The second-order valence-corrected chi connectivity index (χ2v) is 6.29. The molecule has 116 valence electrons. The van der Waals surface area contributed by atoms with Crippen molar-refractivity contribution in [1.82, 2.24) is 4.90 Å². The zero-order valence-electron chi connectivity index (χ0n) is 11.8. The number of thioether (sulfide) groups is 1. The first-order chi connectivity index (χ1) is 11.1. The number of carbonyl (C=O) groups excluding carboxylic acids is 2. The maximum Gasteiger partial charge on any atom is 0.293 e. The van der Waals surface area contributed by atoms with Crippen molar-refractivity contribution in [2.45, 2.75) is 6.54 Å². The molecule has 0 radical (unpaired) electrons. The number of nitrogens with zero attached hydrogens (tertiary/aromatic N) is 1. The summed E-state index contributed by atoms with van der Waals surface area (Å²) >= 11 is 6.74. The molecule has 0 aliphatic carbocycles. The average molecular weight is 348 g/mol. The van der Waals surface area contributed by atoms with E-state index in [9.17, 15) is 14.0 Å². The highest BCUT2D eigenvalue weighted by Crippen LogP contribution is 2.34. The second-order valence-electron chi connectivity index (χ2n) is 4.89. The molecule has 1 aliphatic heterocycles. The predicted octanol–water partition coefficient (Wildman–Crippen LogP) is 4.72. The smallest absolute Gasteiger partial charge is 0.268 e. The van der Waals surface area contributed by atoms with Crippen LogP contribution in [-0.2, 0) is 11.3 Å². The first-order valence-corrected chi connectivity index (χ1v) is 7.99. The molecule has 1 saturated heterocycles. The number of amides is 2. The summed E-state index contributed by atoms with van der Waals surface area (Å²) in [6.07, 6.45) is 1.33. The largest absolute Gasteiger partial charge is 0.293 e. The lowest BCUT2D eigenvalue weighted by Crippen LogP contribution is -2.27. The lowest BCUT2D eigenvalue weighted by atomic mass is 10.2. The first kappa shape index (κ1) is 15.8. The van der Waals surface area contributed by atoms with Crippen LogP contribution in [0.15, 0.2) is 53.4 Å². The van der Waals surface area contributed by atoms with E-state index in [0.717, 1.165) is 22.2 Å². The van der Waals surface area contributed by atoms with Gasteiger partial charge < -0.3 is 0 Å². The molecule has 2 amide bonds. The highest BCUT2D eigenvalue weighted by Gasteiger charge is 2.35. The summed E-state index contributed by atoms with van der Waals surface area (Å²) in [7, 11) is 0. The number of carbonyl (C=O) groups is 2. The van der Waals surface area contributed by atoms with Gasteiger partial charge in [-0.1, -0.05) is 48.0 Å². The molecule has 6 heteroatoms. The summed E-state index contributed by atoms with van der Waals surface area (Å²) in [4.78, 5) is 25.8. The van der Waals surface area contributed by atoms with Gasteiger partial charge in [0.2, 0.25) is 0 Å². The number of hydrogen-bond acceptors (Lipinski definition) is 3. The van der Waals surface area contributed by atoms with Gasteiger partial charge in [0, 0.05) is 5.56 Å². The van der Waals surface area contributed by atoms with Gasteiger partial charge in [0.25, 0.3) is 11.1 Å². The van der Waals surface area contributed by atoms with Crippen molar-refractivity contribution in [3.05, 3.63) is 75.4 Å². The van der Waals surface area contributed by atoms with Gasteiger partial charge in [-0.2, -0.15) is 0 Å². The Labute approximate surface area is 141 Å². The van der Waals surface area contributed by atoms with E-state index in [4.69, 9.17) is 11.6 Å². The Hall–Kier alpha value is -2.11. The molecule has 0 bridgehead atoms. The van der Waals surface area contributed by atoms with Crippen molar-refractivity contribution in [1.29, 1.82) is 0 Å². The quantitative estimate of drug-likeness (QED) is 0.754. The molecular weight excluding hydrogens is 337 g/mol. The number of halogens is 2. The van der Waals surface area contributed by atoms with E-state index in [1.165, 1.54) is 24.3 Å². The van der Waals surface area contributed by atoms with E-state index in [1.54, 1.807) is 0 Å². The molecule has 2 aromatic rings. The fourth-order valence-corrected chi connectivity index (χ4v) is 3.22. The summed E-state index contributed by atoms with van der Waals surface area (Å²) in [5, 5.41) is -0.183. The van der Waals surface area contributed by atoms with Gasteiger partial charge in [-0.25, -0.2) is 4.39 Å². The van der Waals surface area contributed by atoms with Gasteiger partial charge in [0.05, 0.1) is 16.5 Å². The Morgan fingerprint density at radius 2 is 1.83 bits per heavy atom. The zero-order valence-corrected chi connectivity index (χ0v) is 13.4. The summed E-state index contributed by atoms with van der Waals surface area (Å²) in [6, 6.07) is 13.5. The minimum atomic E-state index is -0.535. The standard InChI is InChI=1S/C17H11ClFNO2S/c18-13-7-4-8-14(19)12(13)9-15-16(21)20(17(22)23-15)10-11-5-2-1-3-6-11/h1-9H,10H2/b15-9-. The SMILES string of the molecule is O=C1S/C(=C\c2c(F)cccc2Cl)C(=O)N1Cc1ccccc1. The number of benzene rings is 2. The maximum absolute atomic E-state index is 13.8. The number of imide groups is 1. The van der Waals surface area contributed by atoms with Crippen LogP contribution in [0.2, 0.25) is 5.02 Å². The minimum absolute atomic E-state index is 0.111. The van der Waals surface area contributed by atoms with Crippen LogP contribution in [0, 0.1) is 5.82 Å². The van der Waals surface area contributed by atoms with Crippen LogP contribution in [0.25, 0.3) is 6.08 Å². The number of hydrogen-bond donors (Lipinski definition) is 0. The van der Waals surface area contributed by atoms with E-state index in [0.29, 0.717) is 0 Å². The topological polar surface area (TPSA) is 37.4 Å². The molecular formula is C17H11ClFNO2S. The zero-order chi connectivity index (χ0) is 16.4. The summed E-state index contributed by atoms with van der Waals surface area (Å²) in [6.45, 7) is 0.188. The van der Waals surface area contributed by atoms with E-state index in [-0.39, 0.29) is 27.3 Å². The van der Waals surface area contributed by atoms with Crippen molar-refractivity contribution in [2.75, 3.05) is 0 Å². The van der Waals surface area contributed by atoms with Crippen molar-refractivity contribution >= 4 is 40.6 Å². The molecule has 1 aliphatic rings. The van der Waals surface area contributed by atoms with Crippen LogP contribution in [-0.4, -0.2) is 16.0 Å². The highest BCUT2D eigenvalue weighted by atomic mass is 35.5. The molecule has 1 heterocycles. The summed E-state index contributed by atoms with van der Waals surface area (Å²) < 4.78 is 13.8. The molecule has 3 rings (SSSR count). The van der Waals surface area contributed by atoms with Gasteiger partial charge in [-0.05, 0) is 35.5 Å². The normalized spacial score (nSPS) is 16.4. The lowest BCUT2D eigenvalue weighted by molar-refractivity contribution is -0.123. The van der Waals surface area contributed by atoms with Crippen LogP contribution in [0.3, 0.4) is 0 Å². The Bertz CT molecular complexity index is 787. The van der Waals surface area contributed by atoms with E-state index in [2.05, 4.69) is 0 Å². The molecule has 0 unspecified atom stereocenters. The number of rotatable bonds is 3. The third kappa shape index (κ3) is 3.30. The minimum Gasteiger partial charge on any atom is -0.268 e. The predicted molar refractivity (Wildman–Crippen MR) is 89.4 cm³/mol. The second kappa shape index (κ2) is 6.56. The van der Waals surface area contributed by atoms with Gasteiger partial charge in [0.1, 0.15) is 5.82 Å². The van der Waals surface area contributed by atoms with Crippen LogP contribution in [0.5, 0.6) is 0 Å². The maximum atomic E-state index is 13.8. The molecule has 0 N–H and O–H groups in total. The summed E-state index contributed by atoms with van der Waals surface area (Å²) in [5.41, 5.74) is 0.958. The van der Waals surface area contributed by atoms with Crippen LogP contribution >= 0.6 is 23.4 Å². The summed E-state index contributed by atoms with van der Waals surface area (Å²) in [5.74, 6) is -0.976. The van der Waals surface area contributed by atoms with Gasteiger partial charge in [-0.15, -0.1) is 0 Å². The van der Waals surface area contributed by atoms with Crippen molar-refractivity contribution in [3.63, 3.8) is 0 Å². The Morgan fingerprint density at radius 3 is 2.52 bits per heavy atom. The molecule has 0 spiro atoms. The van der Waals surface area contributed by atoms with Crippen molar-refractivity contribution in [2.24, 2.45) is 0 Å². The Balaban J connectivity index is 1.88. The van der Waals surface area contributed by atoms with Gasteiger partial charge in [-0.3, -0.25) is 14.5 Å². The average Bonchev–Trinajstić information content (AvgIpc) is 2.80. The fourth-order valence-electron chi connectivity index (χ4n) is 2.18. The Kier molecular flexibility index (Phi) is 4.50. The lowest BCUT2D eigenvalue weighted by Gasteiger charge is -2.12. The molecule has 3 nitrogen and oxygen atoms in total. The molecule has 0 aromatic heterocycles. The van der Waals surface area contributed by atoms with Crippen molar-refractivity contribution < 1.29 is 14.0 Å². The first-order valence-electron chi connectivity index (χ1n) is 6.79. The third-order valence-electron chi connectivity index (χ3n) is 3.33. The van der Waals surface area contributed by atoms with Crippen LogP contribution in [0.4, 0.5) is 9.18 Å². The van der Waals surface area contributed by atoms with Crippen molar-refractivity contribution in [3.8, 4) is 0 Å². The van der Waals surface area contributed by atoms with Gasteiger partial charge in [0.15, 0.2) is 0 Å². The van der Waals surface area contributed by atoms with Crippen LogP contribution in [0.1, 0.15) is 11.1 Å². The monoisotopic (exact) mass is 347 g/mol. The highest BCUT2D eigenvalue weighted by molar-refractivity contribution is 8.18. The van der Waals surface area contributed by atoms with E-state index < -0.39 is 11.7 Å². The molecule has 23 heavy (non-hydrogen) atoms. The van der Waals surface area contributed by atoms with Gasteiger partial charge >= 0.3 is 0 Å². The molecule has 1 fully saturated rings. The molecule has 0 atom stereocenters. The van der Waals surface area contributed by atoms with E-state index in [1.807, 2.05) is 30.3 Å². The van der Waals surface area contributed by atoms with E-state index >= 15 is 0 Å². The fraction of sp³-hybridized carbons (Fsp3) is 0.0588. The molecule has 0 saturated carbocycles. The third-order valence-corrected chi connectivity index (χ3v) is 4.57.